The minimum absolute atomic E-state index is 0.194. The summed E-state index contributed by atoms with van der Waals surface area (Å²) in [7, 11) is 0. The van der Waals surface area contributed by atoms with Crippen LogP contribution >= 0.6 is 0 Å². The molecule has 0 saturated heterocycles. The summed E-state index contributed by atoms with van der Waals surface area (Å²) in [5.74, 6) is 0. The third-order valence-electron chi connectivity index (χ3n) is 3.36. The third-order valence-corrected chi connectivity index (χ3v) is 3.36. The molecule has 1 aromatic rings. The van der Waals surface area contributed by atoms with Gasteiger partial charge >= 0.3 is 0 Å². The Morgan fingerprint density at radius 1 is 0.938 bits per heavy atom. The molecule has 0 bridgehead atoms. The second kappa shape index (κ2) is 5.90. The normalized spacial score (nSPS) is 26.8. The zero-order valence-electron chi connectivity index (χ0n) is 9.73. The molecule has 16 heavy (non-hydrogen) atoms. The molecule has 2 rings (SSSR count). The van der Waals surface area contributed by atoms with Crippen LogP contribution in [-0.4, -0.2) is 17.3 Å². The van der Waals surface area contributed by atoms with Gasteiger partial charge in [-0.15, -0.1) is 0 Å². The van der Waals surface area contributed by atoms with E-state index < -0.39 is 0 Å². The standard InChI is InChI=1S/C14H21NO/c16-14-11-7-2-1-6-10-13(14)15-12-8-4-3-5-9-12/h3-5,8-9,13-16H,1-2,6-7,10-11H2/t13-,14-/m0/s1. The summed E-state index contributed by atoms with van der Waals surface area (Å²) < 4.78 is 0. The zero-order valence-corrected chi connectivity index (χ0v) is 9.73. The Bertz CT molecular complexity index is 299. The van der Waals surface area contributed by atoms with Crippen molar-refractivity contribution < 1.29 is 5.11 Å². The Kier molecular flexibility index (Phi) is 4.23. The van der Waals surface area contributed by atoms with Gasteiger partial charge in [0.2, 0.25) is 0 Å². The zero-order chi connectivity index (χ0) is 11.2. The van der Waals surface area contributed by atoms with E-state index in [-0.39, 0.29) is 12.1 Å². The smallest absolute Gasteiger partial charge is 0.0741 e. The Balaban J connectivity index is 1.95. The van der Waals surface area contributed by atoms with E-state index in [0.717, 1.165) is 24.9 Å². The predicted octanol–water partition coefficient (Wildman–Crippen LogP) is 3.18. The second-order valence-electron chi connectivity index (χ2n) is 4.68. The molecule has 1 aromatic carbocycles. The maximum atomic E-state index is 10.1. The highest BCUT2D eigenvalue weighted by Gasteiger charge is 2.19. The van der Waals surface area contributed by atoms with Crippen LogP contribution in [0.5, 0.6) is 0 Å². The molecule has 2 nitrogen and oxygen atoms in total. The van der Waals surface area contributed by atoms with Crippen LogP contribution in [0.25, 0.3) is 0 Å². The molecule has 0 spiro atoms. The number of aliphatic hydroxyl groups is 1. The molecule has 0 amide bonds. The topological polar surface area (TPSA) is 32.3 Å². The van der Waals surface area contributed by atoms with Crippen molar-refractivity contribution in [2.75, 3.05) is 5.32 Å². The number of aliphatic hydroxyl groups excluding tert-OH is 1. The quantitative estimate of drug-likeness (QED) is 0.800. The van der Waals surface area contributed by atoms with Crippen molar-refractivity contribution in [2.45, 2.75) is 50.7 Å². The van der Waals surface area contributed by atoms with Gasteiger partial charge in [-0.1, -0.05) is 43.9 Å². The van der Waals surface area contributed by atoms with Gasteiger partial charge in [-0.25, -0.2) is 0 Å². The highest BCUT2D eigenvalue weighted by Crippen LogP contribution is 2.21. The molecule has 2 heteroatoms. The van der Waals surface area contributed by atoms with Crippen molar-refractivity contribution >= 4 is 5.69 Å². The molecule has 88 valence electrons. The molecule has 2 atom stereocenters. The first-order valence-corrected chi connectivity index (χ1v) is 6.36. The van der Waals surface area contributed by atoms with Gasteiger partial charge in [-0.2, -0.15) is 0 Å². The van der Waals surface area contributed by atoms with Gasteiger partial charge in [0.1, 0.15) is 0 Å². The van der Waals surface area contributed by atoms with Crippen LogP contribution in [-0.2, 0) is 0 Å². The molecule has 1 saturated carbocycles. The van der Waals surface area contributed by atoms with Gasteiger partial charge < -0.3 is 10.4 Å². The highest BCUT2D eigenvalue weighted by atomic mass is 16.3. The van der Waals surface area contributed by atoms with E-state index in [0.29, 0.717) is 0 Å². The van der Waals surface area contributed by atoms with Crippen molar-refractivity contribution in [3.05, 3.63) is 30.3 Å². The van der Waals surface area contributed by atoms with Gasteiger partial charge in [0.05, 0.1) is 12.1 Å². The number of hydrogen-bond donors (Lipinski definition) is 2. The first-order chi connectivity index (χ1) is 7.86. The first-order valence-electron chi connectivity index (χ1n) is 6.36. The van der Waals surface area contributed by atoms with Crippen molar-refractivity contribution in [3.63, 3.8) is 0 Å². The fraction of sp³-hybridized carbons (Fsp3) is 0.571. The van der Waals surface area contributed by atoms with Gasteiger partial charge in [-0.3, -0.25) is 0 Å². The van der Waals surface area contributed by atoms with Gasteiger partial charge in [0.25, 0.3) is 0 Å². The summed E-state index contributed by atoms with van der Waals surface area (Å²) in [4.78, 5) is 0. The van der Waals surface area contributed by atoms with Crippen LogP contribution in [0.15, 0.2) is 30.3 Å². The molecule has 0 radical (unpaired) electrons. The maximum absolute atomic E-state index is 10.1. The van der Waals surface area contributed by atoms with Gasteiger partial charge in [-0.05, 0) is 25.0 Å². The average Bonchev–Trinajstić information content (AvgIpc) is 2.30. The van der Waals surface area contributed by atoms with Crippen LogP contribution in [0.1, 0.15) is 38.5 Å². The van der Waals surface area contributed by atoms with Crippen molar-refractivity contribution in [1.82, 2.24) is 0 Å². The van der Waals surface area contributed by atoms with Crippen LogP contribution in [0, 0.1) is 0 Å². The molecule has 0 unspecified atom stereocenters. The van der Waals surface area contributed by atoms with Crippen LogP contribution < -0.4 is 5.32 Å². The Morgan fingerprint density at radius 2 is 1.62 bits per heavy atom. The summed E-state index contributed by atoms with van der Waals surface area (Å²) in [6.07, 6.45) is 6.78. The molecule has 0 aliphatic heterocycles. The largest absolute Gasteiger partial charge is 0.391 e. The number of nitrogens with one attached hydrogen (secondary N) is 1. The Labute approximate surface area is 97.7 Å². The summed E-state index contributed by atoms with van der Waals surface area (Å²) in [6, 6.07) is 10.4. The Morgan fingerprint density at radius 3 is 2.38 bits per heavy atom. The lowest BCUT2D eigenvalue weighted by molar-refractivity contribution is 0.128. The molecular weight excluding hydrogens is 198 g/mol. The maximum Gasteiger partial charge on any atom is 0.0741 e. The lowest BCUT2D eigenvalue weighted by Gasteiger charge is -2.27. The summed E-state index contributed by atoms with van der Waals surface area (Å²) >= 11 is 0. The number of rotatable bonds is 2. The van der Waals surface area contributed by atoms with Crippen molar-refractivity contribution in [1.29, 1.82) is 0 Å². The number of para-hydroxylation sites is 1. The van der Waals surface area contributed by atoms with Crippen molar-refractivity contribution in [3.8, 4) is 0 Å². The molecular formula is C14H21NO. The minimum atomic E-state index is -0.194. The van der Waals surface area contributed by atoms with E-state index >= 15 is 0 Å². The van der Waals surface area contributed by atoms with E-state index in [1.54, 1.807) is 0 Å². The lowest BCUT2D eigenvalue weighted by Crippen LogP contribution is -2.34. The number of benzene rings is 1. The van der Waals surface area contributed by atoms with Gasteiger partial charge in [0.15, 0.2) is 0 Å². The monoisotopic (exact) mass is 219 g/mol. The number of anilines is 1. The SMILES string of the molecule is O[C@H]1CCCCCC[C@@H]1Nc1ccccc1. The van der Waals surface area contributed by atoms with Gasteiger partial charge in [0, 0.05) is 5.69 Å². The predicted molar refractivity (Wildman–Crippen MR) is 67.6 cm³/mol. The summed E-state index contributed by atoms with van der Waals surface area (Å²) in [5.41, 5.74) is 1.12. The molecule has 0 aromatic heterocycles. The second-order valence-corrected chi connectivity index (χ2v) is 4.68. The molecule has 1 aliphatic carbocycles. The number of hydrogen-bond acceptors (Lipinski definition) is 2. The molecule has 0 heterocycles. The third kappa shape index (κ3) is 3.24. The fourth-order valence-corrected chi connectivity index (χ4v) is 2.38. The summed E-state index contributed by atoms with van der Waals surface area (Å²) in [5, 5.41) is 13.5. The Hall–Kier alpha value is -1.02. The van der Waals surface area contributed by atoms with E-state index in [1.165, 1.54) is 19.3 Å². The van der Waals surface area contributed by atoms with Crippen molar-refractivity contribution in [2.24, 2.45) is 0 Å². The summed E-state index contributed by atoms with van der Waals surface area (Å²) in [6.45, 7) is 0. The van der Waals surface area contributed by atoms with E-state index in [9.17, 15) is 5.11 Å². The lowest BCUT2D eigenvalue weighted by atomic mass is 9.94. The van der Waals surface area contributed by atoms with Crippen LogP contribution in [0.3, 0.4) is 0 Å². The molecule has 2 N–H and O–H groups in total. The average molecular weight is 219 g/mol. The first kappa shape index (κ1) is 11.5. The highest BCUT2D eigenvalue weighted by molar-refractivity contribution is 5.43. The van der Waals surface area contributed by atoms with Crippen LogP contribution in [0.2, 0.25) is 0 Å². The van der Waals surface area contributed by atoms with Crippen LogP contribution in [0.4, 0.5) is 5.69 Å². The van der Waals surface area contributed by atoms with E-state index in [4.69, 9.17) is 0 Å². The molecule has 1 aliphatic rings. The fourth-order valence-electron chi connectivity index (χ4n) is 2.38. The minimum Gasteiger partial charge on any atom is -0.391 e. The van der Waals surface area contributed by atoms with E-state index in [1.807, 2.05) is 18.2 Å². The van der Waals surface area contributed by atoms with E-state index in [2.05, 4.69) is 17.4 Å². The molecule has 1 fully saturated rings.